The molecule has 0 bridgehead atoms. The number of hydrogen-bond acceptors (Lipinski definition) is 5. The lowest BCUT2D eigenvalue weighted by atomic mass is 10.1. The minimum absolute atomic E-state index is 0.0737. The van der Waals surface area contributed by atoms with Gasteiger partial charge in [0.1, 0.15) is 5.01 Å². The standard InChI is InChI=1S/C23H25N3O3S/c1-14-6-5-7-17(15(14)2)25-23(27)26-11-10-18-21(13-26)30-22(24-18)16-8-9-19(28-3)20(12-16)29-4/h5-9,12H,10-11,13H2,1-4H3,(H,25,27). The maximum absolute atomic E-state index is 12.8. The van der Waals surface area contributed by atoms with E-state index in [0.717, 1.165) is 44.4 Å². The normalized spacial score (nSPS) is 13.0. The van der Waals surface area contributed by atoms with Crippen molar-refractivity contribution in [2.24, 2.45) is 0 Å². The fraction of sp³-hybridized carbons (Fsp3) is 0.304. The zero-order valence-electron chi connectivity index (χ0n) is 17.6. The van der Waals surface area contributed by atoms with Gasteiger partial charge in [0.15, 0.2) is 11.5 Å². The second kappa shape index (κ2) is 8.36. The Morgan fingerprint density at radius 3 is 2.70 bits per heavy atom. The van der Waals surface area contributed by atoms with Gasteiger partial charge < -0.3 is 19.7 Å². The summed E-state index contributed by atoms with van der Waals surface area (Å²) in [5.74, 6) is 1.37. The first-order chi connectivity index (χ1) is 14.5. The molecule has 156 valence electrons. The fourth-order valence-corrected chi connectivity index (χ4v) is 4.66. The molecule has 0 saturated carbocycles. The van der Waals surface area contributed by atoms with E-state index < -0.39 is 0 Å². The van der Waals surface area contributed by atoms with Gasteiger partial charge in [-0.1, -0.05) is 12.1 Å². The summed E-state index contributed by atoms with van der Waals surface area (Å²) in [6, 6.07) is 11.7. The molecule has 0 atom stereocenters. The number of aryl methyl sites for hydroxylation is 1. The third-order valence-electron chi connectivity index (χ3n) is 5.50. The van der Waals surface area contributed by atoms with Crippen molar-refractivity contribution in [1.29, 1.82) is 0 Å². The Labute approximate surface area is 180 Å². The number of thiazole rings is 1. The monoisotopic (exact) mass is 423 g/mol. The van der Waals surface area contributed by atoms with Gasteiger partial charge in [-0.3, -0.25) is 0 Å². The first-order valence-electron chi connectivity index (χ1n) is 9.83. The van der Waals surface area contributed by atoms with Crippen molar-refractivity contribution >= 4 is 23.1 Å². The lowest BCUT2D eigenvalue weighted by molar-refractivity contribution is 0.207. The summed E-state index contributed by atoms with van der Waals surface area (Å²) in [5, 5.41) is 3.99. The highest BCUT2D eigenvalue weighted by atomic mass is 32.1. The number of anilines is 1. The molecule has 0 spiro atoms. The Kier molecular flexibility index (Phi) is 5.63. The number of ether oxygens (including phenoxy) is 2. The maximum atomic E-state index is 12.8. The van der Waals surface area contributed by atoms with Crippen LogP contribution in [-0.4, -0.2) is 36.7 Å². The van der Waals surface area contributed by atoms with Gasteiger partial charge in [0.05, 0.1) is 26.5 Å². The third-order valence-corrected chi connectivity index (χ3v) is 6.63. The number of amides is 2. The molecule has 0 aliphatic carbocycles. The van der Waals surface area contributed by atoms with Crippen molar-refractivity contribution in [3.63, 3.8) is 0 Å². The van der Waals surface area contributed by atoms with Crippen LogP contribution in [0.15, 0.2) is 36.4 Å². The van der Waals surface area contributed by atoms with E-state index in [0.29, 0.717) is 24.6 Å². The van der Waals surface area contributed by atoms with E-state index in [-0.39, 0.29) is 6.03 Å². The van der Waals surface area contributed by atoms with Crippen molar-refractivity contribution in [3.05, 3.63) is 58.1 Å². The van der Waals surface area contributed by atoms with E-state index in [1.54, 1.807) is 25.6 Å². The summed E-state index contributed by atoms with van der Waals surface area (Å²) >= 11 is 1.62. The highest BCUT2D eigenvalue weighted by Crippen LogP contribution is 2.36. The molecule has 30 heavy (non-hydrogen) atoms. The van der Waals surface area contributed by atoms with Gasteiger partial charge in [0.2, 0.25) is 0 Å². The largest absolute Gasteiger partial charge is 0.493 e. The smallest absolute Gasteiger partial charge is 0.322 e. The first kappa shape index (κ1) is 20.2. The predicted octanol–water partition coefficient (Wildman–Crippen LogP) is 5.03. The zero-order valence-corrected chi connectivity index (χ0v) is 18.4. The Bertz CT molecular complexity index is 1090. The van der Waals surface area contributed by atoms with Crippen molar-refractivity contribution in [1.82, 2.24) is 9.88 Å². The van der Waals surface area contributed by atoms with Crippen molar-refractivity contribution in [2.45, 2.75) is 26.8 Å². The average molecular weight is 424 g/mol. The number of aromatic nitrogens is 1. The van der Waals surface area contributed by atoms with Crippen LogP contribution in [0.1, 0.15) is 21.7 Å². The quantitative estimate of drug-likeness (QED) is 0.639. The molecule has 2 heterocycles. The van der Waals surface area contributed by atoms with Crippen LogP contribution < -0.4 is 14.8 Å². The molecule has 3 aromatic rings. The zero-order chi connectivity index (χ0) is 21.3. The lowest BCUT2D eigenvalue weighted by Gasteiger charge is -2.26. The van der Waals surface area contributed by atoms with Gasteiger partial charge in [-0.05, 0) is 49.2 Å². The molecule has 0 radical (unpaired) electrons. The Morgan fingerprint density at radius 1 is 1.13 bits per heavy atom. The molecule has 6 nitrogen and oxygen atoms in total. The van der Waals surface area contributed by atoms with Gasteiger partial charge in [-0.15, -0.1) is 11.3 Å². The van der Waals surface area contributed by atoms with Crippen molar-refractivity contribution in [2.75, 3.05) is 26.1 Å². The second-order valence-corrected chi connectivity index (χ2v) is 8.39. The van der Waals surface area contributed by atoms with Gasteiger partial charge in [-0.25, -0.2) is 9.78 Å². The van der Waals surface area contributed by atoms with Gasteiger partial charge in [-0.2, -0.15) is 0 Å². The van der Waals surface area contributed by atoms with Crippen molar-refractivity contribution in [3.8, 4) is 22.1 Å². The highest BCUT2D eigenvalue weighted by molar-refractivity contribution is 7.15. The van der Waals surface area contributed by atoms with Gasteiger partial charge in [0.25, 0.3) is 0 Å². The van der Waals surface area contributed by atoms with E-state index in [1.807, 2.05) is 55.1 Å². The molecule has 2 amide bonds. The van der Waals surface area contributed by atoms with E-state index in [9.17, 15) is 4.79 Å². The van der Waals surface area contributed by atoms with Crippen LogP contribution in [0.2, 0.25) is 0 Å². The van der Waals surface area contributed by atoms with E-state index in [4.69, 9.17) is 14.5 Å². The van der Waals surface area contributed by atoms with E-state index in [2.05, 4.69) is 5.32 Å². The summed E-state index contributed by atoms with van der Waals surface area (Å²) in [6.07, 6.45) is 0.749. The second-order valence-electron chi connectivity index (χ2n) is 7.31. The molecule has 4 rings (SSSR count). The Morgan fingerprint density at radius 2 is 1.93 bits per heavy atom. The molecular formula is C23H25N3O3S. The number of urea groups is 1. The topological polar surface area (TPSA) is 63.7 Å². The molecule has 7 heteroatoms. The molecule has 1 aliphatic heterocycles. The Hall–Kier alpha value is -3.06. The number of methoxy groups -OCH3 is 2. The van der Waals surface area contributed by atoms with Crippen LogP contribution >= 0.6 is 11.3 Å². The summed E-state index contributed by atoms with van der Waals surface area (Å²) in [7, 11) is 3.25. The predicted molar refractivity (Wildman–Crippen MR) is 120 cm³/mol. The number of benzene rings is 2. The molecule has 0 unspecified atom stereocenters. The van der Waals surface area contributed by atoms with Gasteiger partial charge >= 0.3 is 6.03 Å². The third kappa shape index (κ3) is 3.85. The molecule has 1 N–H and O–H groups in total. The Balaban J connectivity index is 1.52. The number of nitrogens with one attached hydrogen (secondary N) is 1. The van der Waals surface area contributed by atoms with Crippen LogP contribution in [0.25, 0.3) is 10.6 Å². The average Bonchev–Trinajstić information content (AvgIpc) is 3.19. The van der Waals surface area contributed by atoms with E-state index >= 15 is 0 Å². The SMILES string of the molecule is COc1ccc(-c2nc3c(s2)CN(C(=O)Nc2cccc(C)c2C)CC3)cc1OC. The van der Waals surface area contributed by atoms with Crippen molar-refractivity contribution < 1.29 is 14.3 Å². The van der Waals surface area contributed by atoms with Crippen LogP contribution in [-0.2, 0) is 13.0 Å². The number of carbonyl (C=O) groups excluding carboxylic acids is 1. The number of nitrogens with zero attached hydrogens (tertiary/aromatic N) is 2. The molecule has 0 fully saturated rings. The number of rotatable bonds is 4. The number of carbonyl (C=O) groups is 1. The van der Waals surface area contributed by atoms with Crippen LogP contribution in [0, 0.1) is 13.8 Å². The summed E-state index contributed by atoms with van der Waals surface area (Å²) in [5.41, 5.74) is 5.17. The van der Waals surface area contributed by atoms with Crippen LogP contribution in [0.5, 0.6) is 11.5 Å². The number of hydrogen-bond donors (Lipinski definition) is 1. The molecular weight excluding hydrogens is 398 g/mol. The van der Waals surface area contributed by atoms with Gasteiger partial charge in [0, 0.05) is 29.1 Å². The summed E-state index contributed by atoms with van der Waals surface area (Å²) < 4.78 is 10.7. The highest BCUT2D eigenvalue weighted by Gasteiger charge is 2.25. The first-order valence-corrected chi connectivity index (χ1v) is 10.6. The molecule has 0 saturated heterocycles. The van der Waals surface area contributed by atoms with Crippen LogP contribution in [0.3, 0.4) is 0 Å². The van der Waals surface area contributed by atoms with E-state index in [1.165, 1.54) is 0 Å². The lowest BCUT2D eigenvalue weighted by Crippen LogP contribution is -2.38. The number of fused-ring (bicyclic) bond motifs is 1. The minimum Gasteiger partial charge on any atom is -0.493 e. The fourth-order valence-electron chi connectivity index (χ4n) is 3.54. The minimum atomic E-state index is -0.0737. The summed E-state index contributed by atoms with van der Waals surface area (Å²) in [4.78, 5) is 20.6. The molecule has 2 aromatic carbocycles. The van der Waals surface area contributed by atoms with Crippen LogP contribution in [0.4, 0.5) is 10.5 Å². The molecule has 1 aliphatic rings. The maximum Gasteiger partial charge on any atom is 0.322 e. The summed E-state index contributed by atoms with van der Waals surface area (Å²) in [6.45, 7) is 5.29. The molecule has 1 aromatic heterocycles.